The van der Waals surface area contributed by atoms with E-state index >= 15 is 0 Å². The van der Waals surface area contributed by atoms with Gasteiger partial charge < -0.3 is 4.90 Å². The lowest BCUT2D eigenvalue weighted by atomic mass is 10.1. The molecule has 0 saturated carbocycles. The van der Waals surface area contributed by atoms with Gasteiger partial charge in [0.25, 0.3) is 5.91 Å². The van der Waals surface area contributed by atoms with Crippen molar-refractivity contribution in [3.63, 3.8) is 0 Å². The smallest absolute Gasteiger partial charge is 0.259 e. The third kappa shape index (κ3) is 3.03. The number of carbonyl (C=O) groups excluding carboxylic acids is 1. The quantitative estimate of drug-likeness (QED) is 0.728. The van der Waals surface area contributed by atoms with E-state index in [9.17, 15) is 4.79 Å². The first kappa shape index (κ1) is 15.5. The van der Waals surface area contributed by atoms with Crippen LogP contribution in [0.3, 0.4) is 0 Å². The Labute approximate surface area is 140 Å². The molecular formula is C18H19NOS2. The van der Waals surface area contributed by atoms with E-state index in [4.69, 9.17) is 0 Å². The second kappa shape index (κ2) is 6.80. The Morgan fingerprint density at radius 2 is 1.91 bits per heavy atom. The van der Waals surface area contributed by atoms with Crippen LogP contribution >= 0.6 is 23.5 Å². The van der Waals surface area contributed by atoms with E-state index in [0.717, 1.165) is 29.1 Å². The molecule has 2 aromatic carbocycles. The van der Waals surface area contributed by atoms with Gasteiger partial charge in [0.1, 0.15) is 0 Å². The average Bonchev–Trinajstić information content (AvgIpc) is 2.72. The zero-order valence-corrected chi connectivity index (χ0v) is 14.4. The highest BCUT2D eigenvalue weighted by molar-refractivity contribution is 8.00. The largest absolute Gasteiger partial charge is 0.307 e. The molecule has 0 aliphatic carbocycles. The van der Waals surface area contributed by atoms with Crippen LogP contribution in [0.4, 0.5) is 5.69 Å². The van der Waals surface area contributed by atoms with Crippen LogP contribution in [0.15, 0.2) is 58.3 Å². The summed E-state index contributed by atoms with van der Waals surface area (Å²) in [7, 11) is 0. The fourth-order valence-corrected chi connectivity index (χ4v) is 4.37. The van der Waals surface area contributed by atoms with Gasteiger partial charge in [0.15, 0.2) is 0 Å². The fraction of sp³-hybridized carbons (Fsp3) is 0.278. The van der Waals surface area contributed by atoms with Crippen LogP contribution < -0.4 is 4.90 Å². The lowest BCUT2D eigenvalue weighted by Gasteiger charge is -2.23. The molecule has 1 aliphatic rings. The summed E-state index contributed by atoms with van der Waals surface area (Å²) in [6.07, 6.45) is 3.02. The molecule has 1 amide bonds. The summed E-state index contributed by atoms with van der Waals surface area (Å²) in [6, 6.07) is 16.1. The van der Waals surface area contributed by atoms with Gasteiger partial charge in [-0.1, -0.05) is 31.2 Å². The molecule has 0 bridgehead atoms. The van der Waals surface area contributed by atoms with Crippen molar-refractivity contribution in [3.05, 3.63) is 54.1 Å². The summed E-state index contributed by atoms with van der Waals surface area (Å²) in [5, 5.41) is 0.523. The van der Waals surface area contributed by atoms with Crippen LogP contribution in [0.25, 0.3) is 0 Å². The molecule has 0 aromatic heterocycles. The van der Waals surface area contributed by atoms with E-state index in [1.54, 1.807) is 11.8 Å². The van der Waals surface area contributed by atoms with Gasteiger partial charge in [0.2, 0.25) is 0 Å². The molecule has 3 rings (SSSR count). The minimum Gasteiger partial charge on any atom is -0.307 e. The van der Waals surface area contributed by atoms with Gasteiger partial charge in [0.05, 0.1) is 11.3 Å². The third-order valence-corrected chi connectivity index (χ3v) is 5.86. The van der Waals surface area contributed by atoms with Crippen LogP contribution in [-0.4, -0.2) is 24.0 Å². The first-order chi connectivity index (χ1) is 10.7. The SMILES string of the molecule is CSc1ccccc1C(=O)N1CCC(C)Sc2ccccc21. The number of anilines is 1. The van der Waals surface area contributed by atoms with Gasteiger partial charge in [0, 0.05) is 21.6 Å². The molecule has 114 valence electrons. The van der Waals surface area contributed by atoms with E-state index in [0.29, 0.717) is 5.25 Å². The molecule has 4 heteroatoms. The maximum Gasteiger partial charge on any atom is 0.259 e. The minimum absolute atomic E-state index is 0.104. The van der Waals surface area contributed by atoms with Gasteiger partial charge >= 0.3 is 0 Å². The van der Waals surface area contributed by atoms with Crippen molar-refractivity contribution in [3.8, 4) is 0 Å². The Morgan fingerprint density at radius 3 is 2.73 bits per heavy atom. The van der Waals surface area contributed by atoms with Crippen LogP contribution in [0, 0.1) is 0 Å². The standard InChI is InChI=1S/C18H19NOS2/c1-13-11-12-19(15-8-4-6-10-17(15)22-13)18(20)14-7-3-5-9-16(14)21-2/h3-10,13H,11-12H2,1-2H3. The van der Waals surface area contributed by atoms with Gasteiger partial charge in [-0.05, 0) is 36.9 Å². The van der Waals surface area contributed by atoms with Crippen LogP contribution in [0.5, 0.6) is 0 Å². The summed E-state index contributed by atoms with van der Waals surface area (Å²) in [5.41, 5.74) is 1.84. The van der Waals surface area contributed by atoms with Crippen LogP contribution in [0.1, 0.15) is 23.7 Å². The maximum atomic E-state index is 13.1. The normalized spacial score (nSPS) is 17.7. The molecule has 0 N–H and O–H groups in total. The van der Waals surface area contributed by atoms with Crippen molar-refractivity contribution in [2.24, 2.45) is 0 Å². The number of thioether (sulfide) groups is 2. The molecule has 0 fully saturated rings. The Bertz CT molecular complexity index is 686. The number of amides is 1. The molecule has 22 heavy (non-hydrogen) atoms. The van der Waals surface area contributed by atoms with E-state index in [1.165, 1.54) is 4.90 Å². The number of carbonyl (C=O) groups is 1. The van der Waals surface area contributed by atoms with E-state index in [-0.39, 0.29) is 5.91 Å². The van der Waals surface area contributed by atoms with Gasteiger partial charge in [-0.3, -0.25) is 4.79 Å². The number of para-hydroxylation sites is 1. The van der Waals surface area contributed by atoms with Gasteiger partial charge in [-0.2, -0.15) is 0 Å². The van der Waals surface area contributed by atoms with Crippen molar-refractivity contribution < 1.29 is 4.79 Å². The Balaban J connectivity index is 2.02. The minimum atomic E-state index is 0.104. The summed E-state index contributed by atoms with van der Waals surface area (Å²) in [5.74, 6) is 0.104. The predicted molar refractivity (Wildman–Crippen MR) is 96.3 cm³/mol. The Kier molecular flexibility index (Phi) is 4.79. The number of hydrogen-bond donors (Lipinski definition) is 0. The Hall–Kier alpha value is -1.39. The van der Waals surface area contributed by atoms with E-state index in [1.807, 2.05) is 59.3 Å². The Morgan fingerprint density at radius 1 is 1.18 bits per heavy atom. The first-order valence-corrected chi connectivity index (χ1v) is 9.51. The number of benzene rings is 2. The second-order valence-corrected chi connectivity index (χ2v) is 7.67. The molecule has 2 nitrogen and oxygen atoms in total. The van der Waals surface area contributed by atoms with E-state index in [2.05, 4.69) is 19.1 Å². The predicted octanol–water partition coefficient (Wildman–Crippen LogP) is 4.94. The molecular weight excluding hydrogens is 310 g/mol. The lowest BCUT2D eigenvalue weighted by Crippen LogP contribution is -2.32. The fourth-order valence-electron chi connectivity index (χ4n) is 2.66. The molecule has 1 unspecified atom stereocenters. The van der Waals surface area contributed by atoms with Gasteiger partial charge in [-0.25, -0.2) is 0 Å². The first-order valence-electron chi connectivity index (χ1n) is 7.41. The number of rotatable bonds is 2. The molecule has 1 atom stereocenters. The monoisotopic (exact) mass is 329 g/mol. The van der Waals surface area contributed by atoms with Crippen LogP contribution in [-0.2, 0) is 0 Å². The number of hydrogen-bond acceptors (Lipinski definition) is 3. The average molecular weight is 329 g/mol. The van der Waals surface area contributed by atoms with E-state index < -0.39 is 0 Å². The molecule has 0 spiro atoms. The number of nitrogens with zero attached hydrogens (tertiary/aromatic N) is 1. The lowest BCUT2D eigenvalue weighted by molar-refractivity contribution is 0.0983. The number of fused-ring (bicyclic) bond motifs is 1. The molecule has 1 heterocycles. The topological polar surface area (TPSA) is 20.3 Å². The highest BCUT2D eigenvalue weighted by Crippen LogP contribution is 2.38. The molecule has 0 saturated heterocycles. The van der Waals surface area contributed by atoms with Gasteiger partial charge in [-0.15, -0.1) is 23.5 Å². The zero-order valence-electron chi connectivity index (χ0n) is 12.8. The van der Waals surface area contributed by atoms with Crippen molar-refractivity contribution in [2.45, 2.75) is 28.4 Å². The zero-order chi connectivity index (χ0) is 15.5. The van der Waals surface area contributed by atoms with Crippen molar-refractivity contribution in [1.82, 2.24) is 0 Å². The van der Waals surface area contributed by atoms with Crippen LogP contribution in [0.2, 0.25) is 0 Å². The highest BCUT2D eigenvalue weighted by Gasteiger charge is 2.26. The maximum absolute atomic E-state index is 13.1. The molecule has 1 aliphatic heterocycles. The summed E-state index contributed by atoms with van der Waals surface area (Å²) < 4.78 is 0. The molecule has 0 radical (unpaired) electrons. The summed E-state index contributed by atoms with van der Waals surface area (Å²) >= 11 is 3.48. The summed E-state index contributed by atoms with van der Waals surface area (Å²) in [6.45, 7) is 3.00. The second-order valence-electron chi connectivity index (χ2n) is 5.34. The van der Waals surface area contributed by atoms with Crippen molar-refractivity contribution in [2.75, 3.05) is 17.7 Å². The third-order valence-electron chi connectivity index (χ3n) is 3.83. The van der Waals surface area contributed by atoms with Crippen molar-refractivity contribution in [1.29, 1.82) is 0 Å². The highest BCUT2D eigenvalue weighted by atomic mass is 32.2. The van der Waals surface area contributed by atoms with Crippen molar-refractivity contribution >= 4 is 35.1 Å². The summed E-state index contributed by atoms with van der Waals surface area (Å²) in [4.78, 5) is 17.3. The molecule has 2 aromatic rings.